The van der Waals surface area contributed by atoms with E-state index in [1.807, 2.05) is 6.07 Å². The van der Waals surface area contributed by atoms with Crippen molar-refractivity contribution >= 4 is 21.7 Å². The predicted molar refractivity (Wildman–Crippen MR) is 80.3 cm³/mol. The topological polar surface area (TPSA) is 41.1 Å². The van der Waals surface area contributed by atoms with E-state index in [4.69, 9.17) is 0 Å². The maximum Gasteiger partial charge on any atom is 0.132 e. The third-order valence-corrected chi connectivity index (χ3v) is 4.61. The summed E-state index contributed by atoms with van der Waals surface area (Å²) in [7, 11) is 0. The van der Waals surface area contributed by atoms with Gasteiger partial charge in [-0.1, -0.05) is 6.92 Å². The highest BCUT2D eigenvalue weighted by atomic mass is 79.9. The molecule has 1 unspecified atom stereocenters. The smallest absolute Gasteiger partial charge is 0.132 e. The largest absolute Gasteiger partial charge is 0.366 e. The number of rotatable bonds is 4. The number of anilines is 1. The number of nitrogens with zero attached hydrogens (tertiary/aromatic N) is 3. The molecule has 19 heavy (non-hydrogen) atoms. The Morgan fingerprint density at radius 3 is 2.79 bits per heavy atom. The van der Waals surface area contributed by atoms with Crippen LogP contribution >= 0.6 is 15.9 Å². The van der Waals surface area contributed by atoms with E-state index in [1.54, 1.807) is 0 Å². The highest BCUT2D eigenvalue weighted by Crippen LogP contribution is 2.29. The van der Waals surface area contributed by atoms with Gasteiger partial charge in [0, 0.05) is 25.1 Å². The number of aryl methyl sites for hydroxylation is 1. The van der Waals surface area contributed by atoms with Crippen molar-refractivity contribution in [2.75, 3.05) is 25.0 Å². The van der Waals surface area contributed by atoms with Crippen LogP contribution in [0.4, 0.5) is 5.82 Å². The quantitative estimate of drug-likeness (QED) is 0.864. The Labute approximate surface area is 123 Å². The minimum Gasteiger partial charge on any atom is -0.366 e. The highest BCUT2D eigenvalue weighted by Gasteiger charge is 2.34. The van der Waals surface area contributed by atoms with Crippen LogP contribution in [0.15, 0.2) is 10.7 Å². The van der Waals surface area contributed by atoms with Gasteiger partial charge in [0.2, 0.25) is 0 Å². The molecule has 4 heterocycles. The van der Waals surface area contributed by atoms with Gasteiger partial charge in [-0.2, -0.15) is 0 Å². The van der Waals surface area contributed by atoms with E-state index in [0.717, 1.165) is 41.5 Å². The van der Waals surface area contributed by atoms with E-state index in [9.17, 15) is 0 Å². The van der Waals surface area contributed by atoms with Gasteiger partial charge in [0.1, 0.15) is 16.2 Å². The first-order valence-corrected chi connectivity index (χ1v) is 8.06. The van der Waals surface area contributed by atoms with E-state index < -0.39 is 0 Å². The summed E-state index contributed by atoms with van der Waals surface area (Å²) >= 11 is 3.49. The van der Waals surface area contributed by atoms with Gasteiger partial charge in [-0.25, -0.2) is 9.97 Å². The monoisotopic (exact) mass is 324 g/mol. The number of fused-ring (bicyclic) bond motifs is 3. The zero-order chi connectivity index (χ0) is 13.2. The maximum absolute atomic E-state index is 4.63. The molecule has 3 saturated heterocycles. The summed E-state index contributed by atoms with van der Waals surface area (Å²) in [6.45, 7) is 5.87. The number of hydrogen-bond acceptors (Lipinski definition) is 4. The summed E-state index contributed by atoms with van der Waals surface area (Å²) in [6, 6.07) is 2.55. The lowest BCUT2D eigenvalue weighted by atomic mass is 9.84. The Morgan fingerprint density at radius 2 is 2.16 bits per heavy atom. The number of halogens is 1. The SMILES string of the molecule is CCCc1nc(Br)cc(NC2CN3CCC2CC3)n1. The van der Waals surface area contributed by atoms with Gasteiger partial charge >= 0.3 is 0 Å². The number of nitrogens with one attached hydrogen (secondary N) is 1. The minimum atomic E-state index is 0.554. The zero-order valence-electron chi connectivity index (χ0n) is 11.4. The van der Waals surface area contributed by atoms with Crippen molar-refractivity contribution in [1.82, 2.24) is 14.9 Å². The highest BCUT2D eigenvalue weighted by molar-refractivity contribution is 9.10. The molecule has 0 radical (unpaired) electrons. The van der Waals surface area contributed by atoms with Crippen LogP contribution < -0.4 is 5.32 Å². The van der Waals surface area contributed by atoms with Gasteiger partial charge in [-0.15, -0.1) is 0 Å². The van der Waals surface area contributed by atoms with Crippen molar-refractivity contribution in [3.05, 3.63) is 16.5 Å². The number of hydrogen-bond donors (Lipinski definition) is 1. The second-order valence-electron chi connectivity index (χ2n) is 5.63. The van der Waals surface area contributed by atoms with Crippen molar-refractivity contribution in [2.45, 2.75) is 38.6 Å². The van der Waals surface area contributed by atoms with Gasteiger partial charge < -0.3 is 10.2 Å². The molecule has 104 valence electrons. The van der Waals surface area contributed by atoms with E-state index in [1.165, 1.54) is 25.9 Å². The van der Waals surface area contributed by atoms with Crippen molar-refractivity contribution in [3.8, 4) is 0 Å². The minimum absolute atomic E-state index is 0.554. The maximum atomic E-state index is 4.63. The molecule has 3 aliphatic heterocycles. The average Bonchev–Trinajstić information content (AvgIpc) is 2.39. The lowest BCUT2D eigenvalue weighted by Crippen LogP contribution is -2.53. The van der Waals surface area contributed by atoms with Crippen molar-refractivity contribution in [1.29, 1.82) is 0 Å². The van der Waals surface area contributed by atoms with Crippen LogP contribution in [0.2, 0.25) is 0 Å². The average molecular weight is 325 g/mol. The molecule has 4 rings (SSSR count). The van der Waals surface area contributed by atoms with Gasteiger partial charge in [-0.3, -0.25) is 0 Å². The summed E-state index contributed by atoms with van der Waals surface area (Å²) in [6.07, 6.45) is 4.67. The molecule has 5 heteroatoms. The van der Waals surface area contributed by atoms with Crippen molar-refractivity contribution in [3.63, 3.8) is 0 Å². The van der Waals surface area contributed by atoms with Crippen LogP contribution in [0.1, 0.15) is 32.0 Å². The summed E-state index contributed by atoms with van der Waals surface area (Å²) in [5.41, 5.74) is 0. The molecule has 1 atom stereocenters. The molecule has 0 aromatic carbocycles. The Balaban J connectivity index is 1.72. The van der Waals surface area contributed by atoms with Crippen molar-refractivity contribution < 1.29 is 0 Å². The molecule has 0 spiro atoms. The first-order valence-electron chi connectivity index (χ1n) is 7.27. The summed E-state index contributed by atoms with van der Waals surface area (Å²) < 4.78 is 0.884. The van der Waals surface area contributed by atoms with Crippen LogP contribution in [0, 0.1) is 5.92 Å². The molecule has 1 N–H and O–H groups in total. The van der Waals surface area contributed by atoms with Crippen LogP contribution in [-0.2, 0) is 6.42 Å². The Hall–Kier alpha value is -0.680. The van der Waals surface area contributed by atoms with E-state index in [2.05, 4.69) is 43.0 Å². The first-order chi connectivity index (χ1) is 9.24. The zero-order valence-corrected chi connectivity index (χ0v) is 13.0. The number of aromatic nitrogens is 2. The molecule has 3 fully saturated rings. The Morgan fingerprint density at radius 1 is 1.37 bits per heavy atom. The third kappa shape index (κ3) is 3.08. The summed E-state index contributed by atoms with van der Waals surface area (Å²) in [5.74, 6) is 2.72. The van der Waals surface area contributed by atoms with Gasteiger partial charge in [0.15, 0.2) is 0 Å². The lowest BCUT2D eigenvalue weighted by molar-refractivity contribution is 0.0973. The van der Waals surface area contributed by atoms with Gasteiger partial charge in [-0.05, 0) is 54.2 Å². The van der Waals surface area contributed by atoms with Gasteiger partial charge in [0.25, 0.3) is 0 Å². The summed E-state index contributed by atoms with van der Waals surface area (Å²) in [5, 5.41) is 3.63. The normalized spacial score (nSPS) is 29.5. The lowest BCUT2D eigenvalue weighted by Gasteiger charge is -2.45. The number of piperidine rings is 3. The third-order valence-electron chi connectivity index (χ3n) is 4.20. The van der Waals surface area contributed by atoms with Crippen molar-refractivity contribution in [2.24, 2.45) is 5.92 Å². The fraction of sp³-hybridized carbons (Fsp3) is 0.714. The predicted octanol–water partition coefficient (Wildman–Crippen LogP) is 2.70. The molecule has 0 amide bonds. The van der Waals surface area contributed by atoms with Gasteiger partial charge in [0.05, 0.1) is 0 Å². The van der Waals surface area contributed by atoms with E-state index in [-0.39, 0.29) is 0 Å². The molecule has 1 aromatic rings. The second kappa shape index (κ2) is 5.75. The first kappa shape index (κ1) is 13.3. The molecule has 0 aliphatic carbocycles. The van der Waals surface area contributed by atoms with E-state index >= 15 is 0 Å². The fourth-order valence-electron chi connectivity index (χ4n) is 3.19. The molecular formula is C14H21BrN4. The van der Waals surface area contributed by atoms with Crippen LogP contribution in [0.3, 0.4) is 0 Å². The summed E-state index contributed by atoms with van der Waals surface area (Å²) in [4.78, 5) is 11.6. The van der Waals surface area contributed by atoms with Crippen LogP contribution in [0.5, 0.6) is 0 Å². The molecular weight excluding hydrogens is 304 g/mol. The molecule has 2 bridgehead atoms. The fourth-order valence-corrected chi connectivity index (χ4v) is 3.61. The van der Waals surface area contributed by atoms with Crippen LogP contribution in [0.25, 0.3) is 0 Å². The Bertz CT molecular complexity index is 443. The molecule has 0 saturated carbocycles. The molecule has 4 nitrogen and oxygen atoms in total. The molecule has 3 aliphatic rings. The molecule has 1 aromatic heterocycles. The van der Waals surface area contributed by atoms with E-state index in [0.29, 0.717) is 6.04 Å². The Kier molecular flexibility index (Phi) is 4.03. The van der Waals surface area contributed by atoms with Crippen LogP contribution in [-0.4, -0.2) is 40.5 Å². The standard InChI is InChI=1S/C14H21BrN4/c1-2-3-13-17-12(15)8-14(18-13)16-11-9-19-6-4-10(11)5-7-19/h8,10-11H,2-7,9H2,1H3,(H,16,17,18). The second-order valence-corrected chi connectivity index (χ2v) is 6.44.